The van der Waals surface area contributed by atoms with Crippen molar-refractivity contribution in [2.75, 3.05) is 0 Å². The first-order valence-corrected chi connectivity index (χ1v) is 6.47. The van der Waals surface area contributed by atoms with Crippen LogP contribution < -0.4 is 5.56 Å². The van der Waals surface area contributed by atoms with E-state index in [9.17, 15) is 9.59 Å². The number of nitrogens with one attached hydrogen (secondary N) is 1. The zero-order valence-electron chi connectivity index (χ0n) is 10.9. The molecule has 3 aromatic rings. The molecule has 0 amide bonds. The number of aromatic amines is 1. The molecule has 1 aliphatic carbocycles. The lowest BCUT2D eigenvalue weighted by Crippen LogP contribution is -2.16. The molecule has 0 unspecified atom stereocenters. The van der Waals surface area contributed by atoms with E-state index >= 15 is 0 Å². The topological polar surface area (TPSA) is 49.9 Å². The van der Waals surface area contributed by atoms with Gasteiger partial charge in [0, 0.05) is 22.0 Å². The van der Waals surface area contributed by atoms with Crippen molar-refractivity contribution >= 4 is 16.7 Å². The normalized spacial score (nSPS) is 12.6. The molecule has 3 heteroatoms. The highest BCUT2D eigenvalue weighted by Crippen LogP contribution is 2.38. The second-order valence-corrected chi connectivity index (χ2v) is 5.13. The summed E-state index contributed by atoms with van der Waals surface area (Å²) in [6.45, 7) is 1.98. The number of hydrogen-bond donors (Lipinski definition) is 1. The van der Waals surface area contributed by atoms with Crippen molar-refractivity contribution in [1.82, 2.24) is 4.98 Å². The predicted octanol–water partition coefficient (Wildman–Crippen LogP) is 3.05. The molecule has 0 spiro atoms. The number of pyridine rings is 1. The smallest absolute Gasteiger partial charge is 0.260 e. The summed E-state index contributed by atoms with van der Waals surface area (Å²) in [4.78, 5) is 27.5. The van der Waals surface area contributed by atoms with Crippen LogP contribution in [0, 0.1) is 6.92 Å². The third-order valence-corrected chi connectivity index (χ3v) is 3.84. The van der Waals surface area contributed by atoms with Gasteiger partial charge in [-0.3, -0.25) is 9.59 Å². The summed E-state index contributed by atoms with van der Waals surface area (Å²) < 4.78 is 0. The molecule has 1 heterocycles. The minimum absolute atomic E-state index is 0.181. The molecule has 1 aromatic heterocycles. The molecule has 96 valence electrons. The van der Waals surface area contributed by atoms with Gasteiger partial charge in [-0.25, -0.2) is 0 Å². The predicted molar refractivity (Wildman–Crippen MR) is 78.2 cm³/mol. The molecule has 3 nitrogen and oxygen atoms in total. The van der Waals surface area contributed by atoms with Crippen LogP contribution in [0.3, 0.4) is 0 Å². The molecule has 0 radical (unpaired) electrons. The fraction of sp³-hybridized carbons (Fsp3) is 0.0588. The Kier molecular flexibility index (Phi) is 2.05. The van der Waals surface area contributed by atoms with Gasteiger partial charge < -0.3 is 4.98 Å². The summed E-state index contributed by atoms with van der Waals surface area (Å²) in [6.07, 6.45) is 0. The van der Waals surface area contributed by atoms with E-state index in [0.29, 0.717) is 5.56 Å². The average molecular weight is 261 g/mol. The molecule has 4 rings (SSSR count). The Morgan fingerprint density at radius 1 is 0.900 bits per heavy atom. The number of aryl methyl sites for hydroxylation is 1. The minimum Gasteiger partial charge on any atom is -0.321 e. The van der Waals surface area contributed by atoms with Crippen LogP contribution in [0.1, 0.15) is 21.5 Å². The first kappa shape index (κ1) is 11.2. The van der Waals surface area contributed by atoms with Crippen molar-refractivity contribution in [3.63, 3.8) is 0 Å². The van der Waals surface area contributed by atoms with Crippen molar-refractivity contribution in [2.24, 2.45) is 0 Å². The molecule has 2 aromatic carbocycles. The van der Waals surface area contributed by atoms with E-state index in [1.54, 1.807) is 6.07 Å². The van der Waals surface area contributed by atoms with Gasteiger partial charge in [-0.05, 0) is 24.1 Å². The molecule has 0 saturated heterocycles. The van der Waals surface area contributed by atoms with Crippen molar-refractivity contribution < 1.29 is 4.79 Å². The monoisotopic (exact) mass is 261 g/mol. The fourth-order valence-corrected chi connectivity index (χ4v) is 2.94. The van der Waals surface area contributed by atoms with Crippen LogP contribution in [-0.2, 0) is 0 Å². The maximum Gasteiger partial charge on any atom is 0.260 e. The fourth-order valence-electron chi connectivity index (χ4n) is 2.94. The van der Waals surface area contributed by atoms with Gasteiger partial charge in [-0.15, -0.1) is 0 Å². The zero-order chi connectivity index (χ0) is 13.9. The maximum atomic E-state index is 12.4. The summed E-state index contributed by atoms with van der Waals surface area (Å²) in [5, 5.41) is 0.920. The van der Waals surface area contributed by atoms with Crippen molar-refractivity contribution in [1.29, 1.82) is 0 Å². The van der Waals surface area contributed by atoms with Crippen LogP contribution in [0.25, 0.3) is 22.0 Å². The molecular formula is C17H11NO2. The lowest BCUT2D eigenvalue weighted by Gasteiger charge is -2.06. The third kappa shape index (κ3) is 1.29. The number of hydrogen-bond acceptors (Lipinski definition) is 2. The van der Waals surface area contributed by atoms with Gasteiger partial charge in [0.1, 0.15) is 0 Å². The Morgan fingerprint density at radius 3 is 2.45 bits per heavy atom. The van der Waals surface area contributed by atoms with Gasteiger partial charge in [-0.2, -0.15) is 0 Å². The minimum atomic E-state index is -0.306. The van der Waals surface area contributed by atoms with Crippen molar-refractivity contribution in [3.8, 4) is 11.1 Å². The number of fused-ring (bicyclic) bond motifs is 5. The first-order chi connectivity index (χ1) is 9.66. The van der Waals surface area contributed by atoms with Gasteiger partial charge in [0.25, 0.3) is 5.56 Å². The zero-order valence-corrected chi connectivity index (χ0v) is 10.9. The Labute approximate surface area is 114 Å². The molecule has 1 aliphatic rings. The Morgan fingerprint density at radius 2 is 1.65 bits per heavy atom. The lowest BCUT2D eigenvalue weighted by molar-refractivity contribution is 0.104. The summed E-state index contributed by atoms with van der Waals surface area (Å²) in [5.74, 6) is -0.181. The van der Waals surface area contributed by atoms with E-state index in [4.69, 9.17) is 0 Å². The number of benzene rings is 2. The maximum absolute atomic E-state index is 12.4. The van der Waals surface area contributed by atoms with Gasteiger partial charge in [0.05, 0.1) is 5.56 Å². The second kappa shape index (κ2) is 3.67. The highest BCUT2D eigenvalue weighted by atomic mass is 16.1. The quantitative estimate of drug-likeness (QED) is 0.529. The lowest BCUT2D eigenvalue weighted by atomic mass is 10.0. The molecule has 20 heavy (non-hydrogen) atoms. The van der Waals surface area contributed by atoms with Gasteiger partial charge in [-0.1, -0.05) is 36.4 Å². The van der Waals surface area contributed by atoms with E-state index < -0.39 is 0 Å². The standard InChI is InChI=1S/C17H11NO2/c1-9-6-7-12-13(8-9)18-17(20)15-14(12)10-4-2-3-5-11(10)16(15)19/h2-8H,1H3,(H,18,20). The molecule has 1 N–H and O–H groups in total. The van der Waals surface area contributed by atoms with Crippen LogP contribution in [0.4, 0.5) is 0 Å². The molecule has 0 fully saturated rings. The highest BCUT2D eigenvalue weighted by Gasteiger charge is 2.30. The molecule has 0 atom stereocenters. The number of aromatic nitrogens is 1. The molecule has 0 saturated carbocycles. The van der Waals surface area contributed by atoms with Gasteiger partial charge in [0.15, 0.2) is 5.78 Å². The number of H-pyrrole nitrogens is 1. The Hall–Kier alpha value is -2.68. The van der Waals surface area contributed by atoms with Crippen LogP contribution in [0.15, 0.2) is 47.3 Å². The van der Waals surface area contributed by atoms with Crippen LogP contribution in [0.2, 0.25) is 0 Å². The van der Waals surface area contributed by atoms with E-state index in [-0.39, 0.29) is 16.9 Å². The second-order valence-electron chi connectivity index (χ2n) is 5.13. The Balaban J connectivity index is 2.26. The SMILES string of the molecule is Cc1ccc2c3c(c(=O)[nH]c2c1)C(=O)c1ccccc1-3. The van der Waals surface area contributed by atoms with Crippen LogP contribution in [0.5, 0.6) is 0 Å². The highest BCUT2D eigenvalue weighted by molar-refractivity contribution is 6.25. The summed E-state index contributed by atoms with van der Waals surface area (Å²) in [6, 6.07) is 13.3. The number of ketones is 1. The van der Waals surface area contributed by atoms with E-state index in [1.807, 2.05) is 43.3 Å². The summed E-state index contributed by atoms with van der Waals surface area (Å²) in [7, 11) is 0. The van der Waals surface area contributed by atoms with Crippen molar-refractivity contribution in [2.45, 2.75) is 6.92 Å². The van der Waals surface area contributed by atoms with Gasteiger partial charge in [0.2, 0.25) is 0 Å². The first-order valence-electron chi connectivity index (χ1n) is 6.47. The van der Waals surface area contributed by atoms with Gasteiger partial charge >= 0.3 is 0 Å². The number of carbonyl (C=O) groups excluding carboxylic acids is 1. The number of rotatable bonds is 0. The largest absolute Gasteiger partial charge is 0.321 e. The third-order valence-electron chi connectivity index (χ3n) is 3.84. The molecule has 0 aliphatic heterocycles. The van der Waals surface area contributed by atoms with Crippen LogP contribution >= 0.6 is 0 Å². The molecule has 0 bridgehead atoms. The van der Waals surface area contributed by atoms with Crippen LogP contribution in [-0.4, -0.2) is 10.8 Å². The van der Waals surface area contributed by atoms with Crippen molar-refractivity contribution in [3.05, 3.63) is 69.5 Å². The van der Waals surface area contributed by atoms with E-state index in [2.05, 4.69) is 4.98 Å². The number of carbonyl (C=O) groups is 1. The summed E-state index contributed by atoms with van der Waals surface area (Å²) >= 11 is 0. The molecular weight excluding hydrogens is 250 g/mol. The summed E-state index contributed by atoms with van der Waals surface area (Å²) in [5.41, 5.74) is 4.05. The Bertz CT molecular complexity index is 951. The average Bonchev–Trinajstić information content (AvgIpc) is 2.74. The van der Waals surface area contributed by atoms with E-state index in [1.165, 1.54) is 0 Å². The van der Waals surface area contributed by atoms with E-state index in [0.717, 1.165) is 27.6 Å².